The van der Waals surface area contributed by atoms with E-state index in [0.29, 0.717) is 40.1 Å². The van der Waals surface area contributed by atoms with Gasteiger partial charge in [0.25, 0.3) is 0 Å². The summed E-state index contributed by atoms with van der Waals surface area (Å²) in [4.78, 5) is 34.9. The molecule has 174 valence electrons. The summed E-state index contributed by atoms with van der Waals surface area (Å²) >= 11 is 0. The standard InChI is InChI=1S/C25H24N4O5/c1-2-32-24(30)15-7-5-8-16(13-15)29-22(26)20(25(31)34-14-17-9-6-12-33-17)21-23(29)28-19-11-4-3-10-18(19)27-21/h3-5,7-8,10-11,13,17H,2,6,9,12,14,26H2,1H3. The third kappa shape index (κ3) is 3.94. The van der Waals surface area contributed by atoms with Crippen LogP contribution >= 0.6 is 0 Å². The second-order valence-corrected chi connectivity index (χ2v) is 7.98. The highest BCUT2D eigenvalue weighted by Gasteiger charge is 2.27. The van der Waals surface area contributed by atoms with Crippen LogP contribution in [-0.2, 0) is 14.2 Å². The zero-order valence-corrected chi connectivity index (χ0v) is 18.7. The van der Waals surface area contributed by atoms with Gasteiger partial charge in [-0.05, 0) is 50.1 Å². The predicted octanol–water partition coefficient (Wildman–Crippen LogP) is 3.67. The Hall–Kier alpha value is -3.98. The van der Waals surface area contributed by atoms with Crippen molar-refractivity contribution in [1.29, 1.82) is 0 Å². The molecule has 2 aromatic heterocycles. The van der Waals surface area contributed by atoms with Crippen LogP contribution in [0.4, 0.5) is 5.82 Å². The van der Waals surface area contributed by atoms with Crippen LogP contribution in [-0.4, -0.2) is 52.4 Å². The fourth-order valence-corrected chi connectivity index (χ4v) is 4.13. The van der Waals surface area contributed by atoms with Gasteiger partial charge in [-0.1, -0.05) is 18.2 Å². The number of esters is 2. The number of hydrogen-bond donors (Lipinski definition) is 1. The molecule has 1 aliphatic heterocycles. The number of nitrogens with two attached hydrogens (primary N) is 1. The molecule has 1 fully saturated rings. The van der Waals surface area contributed by atoms with Crippen LogP contribution in [0.2, 0.25) is 0 Å². The lowest BCUT2D eigenvalue weighted by molar-refractivity contribution is 0.0163. The molecule has 2 N–H and O–H groups in total. The van der Waals surface area contributed by atoms with Crippen molar-refractivity contribution in [2.24, 2.45) is 0 Å². The molecule has 0 aliphatic carbocycles. The van der Waals surface area contributed by atoms with Crippen LogP contribution in [0.15, 0.2) is 48.5 Å². The van der Waals surface area contributed by atoms with E-state index in [9.17, 15) is 9.59 Å². The van der Waals surface area contributed by atoms with Gasteiger partial charge in [-0.3, -0.25) is 4.57 Å². The molecule has 0 saturated carbocycles. The largest absolute Gasteiger partial charge is 0.462 e. The average Bonchev–Trinajstić information content (AvgIpc) is 3.46. The number of ether oxygens (including phenoxy) is 3. The maximum absolute atomic E-state index is 13.2. The Labute approximate surface area is 195 Å². The molecule has 1 saturated heterocycles. The second-order valence-electron chi connectivity index (χ2n) is 7.98. The van der Waals surface area contributed by atoms with Gasteiger partial charge in [0.1, 0.15) is 23.5 Å². The number of nitrogen functional groups attached to an aromatic ring is 1. The Morgan fingerprint density at radius 1 is 1.09 bits per heavy atom. The van der Waals surface area contributed by atoms with E-state index in [1.807, 2.05) is 24.3 Å². The summed E-state index contributed by atoms with van der Waals surface area (Å²) in [6.07, 6.45) is 1.67. The summed E-state index contributed by atoms with van der Waals surface area (Å²) in [5.74, 6) is -0.918. The Bertz CT molecular complexity index is 1390. The summed E-state index contributed by atoms with van der Waals surface area (Å²) in [6, 6.07) is 14.2. The number of para-hydroxylation sites is 2. The Balaban J connectivity index is 1.65. The number of fused-ring (bicyclic) bond motifs is 2. The van der Waals surface area contributed by atoms with Gasteiger partial charge in [-0.25, -0.2) is 19.6 Å². The fourth-order valence-electron chi connectivity index (χ4n) is 4.13. The lowest BCUT2D eigenvalue weighted by atomic mass is 10.2. The van der Waals surface area contributed by atoms with Crippen LogP contribution in [0.25, 0.3) is 27.9 Å². The lowest BCUT2D eigenvalue weighted by Crippen LogP contribution is -2.18. The van der Waals surface area contributed by atoms with E-state index in [-0.39, 0.29) is 30.7 Å². The van der Waals surface area contributed by atoms with Crippen molar-refractivity contribution in [1.82, 2.24) is 14.5 Å². The first-order chi connectivity index (χ1) is 16.6. The van der Waals surface area contributed by atoms with Gasteiger partial charge in [0, 0.05) is 12.3 Å². The Morgan fingerprint density at radius 2 is 1.88 bits per heavy atom. The van der Waals surface area contributed by atoms with Crippen molar-refractivity contribution in [3.05, 3.63) is 59.7 Å². The number of rotatable bonds is 6. The monoisotopic (exact) mass is 460 g/mol. The highest BCUT2D eigenvalue weighted by molar-refractivity contribution is 6.09. The molecular formula is C25H24N4O5. The van der Waals surface area contributed by atoms with Crippen LogP contribution in [0, 0.1) is 0 Å². The third-order valence-corrected chi connectivity index (χ3v) is 5.74. The number of anilines is 1. The summed E-state index contributed by atoms with van der Waals surface area (Å²) in [5.41, 5.74) is 9.55. The van der Waals surface area contributed by atoms with Crippen LogP contribution in [0.1, 0.15) is 40.5 Å². The molecule has 5 rings (SSSR count). The molecule has 1 atom stereocenters. The number of aromatic nitrogens is 3. The lowest BCUT2D eigenvalue weighted by Gasteiger charge is -2.11. The number of nitrogens with zero attached hydrogens (tertiary/aromatic N) is 3. The van der Waals surface area contributed by atoms with Crippen LogP contribution in [0.5, 0.6) is 0 Å². The first-order valence-corrected chi connectivity index (χ1v) is 11.2. The van der Waals surface area contributed by atoms with Gasteiger partial charge in [0.2, 0.25) is 0 Å². The van der Waals surface area contributed by atoms with E-state index in [0.717, 1.165) is 12.8 Å². The number of benzene rings is 2. The van der Waals surface area contributed by atoms with Crippen LogP contribution in [0.3, 0.4) is 0 Å². The smallest absolute Gasteiger partial charge is 0.344 e. The van der Waals surface area contributed by atoms with E-state index < -0.39 is 11.9 Å². The molecule has 0 radical (unpaired) electrons. The van der Waals surface area contributed by atoms with Crippen molar-refractivity contribution >= 4 is 40.0 Å². The summed E-state index contributed by atoms with van der Waals surface area (Å²) in [6.45, 7) is 2.81. The zero-order valence-electron chi connectivity index (χ0n) is 18.7. The molecule has 4 aromatic rings. The number of hydrogen-bond acceptors (Lipinski definition) is 8. The third-order valence-electron chi connectivity index (χ3n) is 5.74. The number of carbonyl (C=O) groups excluding carboxylic acids is 2. The number of carbonyl (C=O) groups is 2. The topological polar surface area (TPSA) is 119 Å². The molecule has 0 bridgehead atoms. The van der Waals surface area contributed by atoms with Crippen molar-refractivity contribution in [3.63, 3.8) is 0 Å². The molecular weight excluding hydrogens is 436 g/mol. The molecule has 1 unspecified atom stereocenters. The quantitative estimate of drug-likeness (QED) is 0.433. The first kappa shape index (κ1) is 21.8. The average molecular weight is 460 g/mol. The summed E-state index contributed by atoms with van der Waals surface area (Å²) in [5, 5.41) is 0. The van der Waals surface area contributed by atoms with E-state index >= 15 is 0 Å². The molecule has 0 amide bonds. The summed E-state index contributed by atoms with van der Waals surface area (Å²) < 4.78 is 17.9. The van der Waals surface area contributed by atoms with E-state index in [4.69, 9.17) is 24.9 Å². The highest BCUT2D eigenvalue weighted by atomic mass is 16.6. The minimum Gasteiger partial charge on any atom is -0.462 e. The van der Waals surface area contributed by atoms with E-state index in [2.05, 4.69) is 4.98 Å². The van der Waals surface area contributed by atoms with Gasteiger partial charge in [0.05, 0.1) is 29.3 Å². The summed E-state index contributed by atoms with van der Waals surface area (Å²) in [7, 11) is 0. The van der Waals surface area contributed by atoms with Crippen LogP contribution < -0.4 is 5.73 Å². The normalized spacial score (nSPS) is 15.6. The molecule has 2 aromatic carbocycles. The van der Waals surface area contributed by atoms with Crippen molar-refractivity contribution in [3.8, 4) is 5.69 Å². The van der Waals surface area contributed by atoms with Crippen molar-refractivity contribution in [2.75, 3.05) is 25.6 Å². The Kier molecular flexibility index (Phi) is 5.85. The SMILES string of the molecule is CCOC(=O)c1cccc(-n2c(N)c(C(=O)OCC3CCCO3)c3nc4ccccc4nc32)c1. The first-order valence-electron chi connectivity index (χ1n) is 11.2. The van der Waals surface area contributed by atoms with E-state index in [1.54, 1.807) is 35.8 Å². The van der Waals surface area contributed by atoms with Gasteiger partial charge in [-0.2, -0.15) is 0 Å². The molecule has 9 nitrogen and oxygen atoms in total. The molecule has 3 heterocycles. The van der Waals surface area contributed by atoms with E-state index in [1.165, 1.54) is 0 Å². The highest BCUT2D eigenvalue weighted by Crippen LogP contribution is 2.32. The maximum Gasteiger partial charge on any atom is 0.344 e. The van der Waals surface area contributed by atoms with Gasteiger partial charge >= 0.3 is 11.9 Å². The predicted molar refractivity (Wildman–Crippen MR) is 126 cm³/mol. The minimum absolute atomic E-state index is 0.119. The molecule has 0 spiro atoms. The minimum atomic E-state index is -0.595. The second kappa shape index (κ2) is 9.11. The van der Waals surface area contributed by atoms with Gasteiger partial charge in [0.15, 0.2) is 5.65 Å². The van der Waals surface area contributed by atoms with Gasteiger partial charge in [-0.15, -0.1) is 0 Å². The maximum atomic E-state index is 13.2. The van der Waals surface area contributed by atoms with Crippen molar-refractivity contribution in [2.45, 2.75) is 25.9 Å². The fraction of sp³-hybridized carbons (Fsp3) is 0.280. The molecule has 1 aliphatic rings. The molecule has 34 heavy (non-hydrogen) atoms. The zero-order chi connectivity index (χ0) is 23.7. The van der Waals surface area contributed by atoms with Gasteiger partial charge < -0.3 is 19.9 Å². The van der Waals surface area contributed by atoms with Crippen molar-refractivity contribution < 1.29 is 23.8 Å². The Morgan fingerprint density at radius 3 is 2.62 bits per heavy atom. The molecule has 9 heteroatoms.